The van der Waals surface area contributed by atoms with Crippen LogP contribution in [0.25, 0.3) is 22.5 Å². The van der Waals surface area contributed by atoms with E-state index in [2.05, 4.69) is 19.9 Å². The van der Waals surface area contributed by atoms with Crippen LogP contribution in [0.4, 0.5) is 0 Å². The number of amides is 2. The highest BCUT2D eigenvalue weighted by atomic mass is 16.5. The van der Waals surface area contributed by atoms with Crippen molar-refractivity contribution >= 4 is 23.4 Å². The highest BCUT2D eigenvalue weighted by Gasteiger charge is 2.39. The lowest BCUT2D eigenvalue weighted by molar-refractivity contribution is -0.150. The van der Waals surface area contributed by atoms with Crippen molar-refractivity contribution in [2.75, 3.05) is 13.1 Å². The van der Waals surface area contributed by atoms with Crippen molar-refractivity contribution in [3.63, 3.8) is 0 Å². The Morgan fingerprint density at radius 2 is 0.983 bits per heavy atom. The van der Waals surface area contributed by atoms with Crippen LogP contribution in [0.15, 0.2) is 122 Å². The number of nitrogens with zero attached hydrogens (tertiary/aromatic N) is 4. The number of benzene rings is 4. The van der Waals surface area contributed by atoms with Crippen molar-refractivity contribution in [1.29, 1.82) is 0 Å². The van der Waals surface area contributed by atoms with Crippen LogP contribution >= 0.6 is 0 Å². The minimum Gasteiger partial charge on any atom is -0.380 e. The Labute approximate surface area is 340 Å². The SMILES string of the molecule is O=C(C(=O)N1CCC[C@@H]1c1ncc(-c2ccc(COCc3ccc(-c4cnc([C@H]5CCCN5C(=O)C(=O)[C@H](O)c5ccccc5)[nH]4)cc3)cc2)[nH]1)[C@@H](O)c1ccccc1. The van der Waals surface area contributed by atoms with Crippen LogP contribution in [0.3, 0.4) is 0 Å². The summed E-state index contributed by atoms with van der Waals surface area (Å²) in [7, 11) is 0. The number of aliphatic hydroxyl groups is 2. The van der Waals surface area contributed by atoms with Crippen LogP contribution in [0.5, 0.6) is 0 Å². The average Bonchev–Trinajstić information content (AvgIpc) is 4.13. The first-order valence-corrected chi connectivity index (χ1v) is 19.8. The number of aromatic amines is 2. The maximum Gasteiger partial charge on any atom is 0.293 e. The number of Topliss-reactive ketones (excluding diaryl/α,β-unsaturated/α-hetero) is 2. The van der Waals surface area contributed by atoms with E-state index < -0.39 is 35.6 Å². The molecule has 4 aromatic carbocycles. The van der Waals surface area contributed by atoms with Gasteiger partial charge in [-0.15, -0.1) is 0 Å². The number of ketones is 2. The molecule has 8 rings (SSSR count). The second-order valence-electron chi connectivity index (χ2n) is 14.9. The minimum absolute atomic E-state index is 0.384. The molecule has 4 atom stereocenters. The molecule has 13 nitrogen and oxygen atoms in total. The fourth-order valence-electron chi connectivity index (χ4n) is 7.83. The van der Waals surface area contributed by atoms with E-state index in [0.29, 0.717) is 61.9 Å². The molecule has 2 fully saturated rings. The third-order valence-electron chi connectivity index (χ3n) is 11.1. The number of ether oxygens (including phenoxy) is 1. The molecule has 2 aliphatic rings. The van der Waals surface area contributed by atoms with Gasteiger partial charge >= 0.3 is 0 Å². The average molecular weight is 793 g/mol. The van der Waals surface area contributed by atoms with Gasteiger partial charge in [0, 0.05) is 13.1 Å². The predicted molar refractivity (Wildman–Crippen MR) is 217 cm³/mol. The molecule has 4 heterocycles. The summed E-state index contributed by atoms with van der Waals surface area (Å²) in [5, 5.41) is 21.1. The summed E-state index contributed by atoms with van der Waals surface area (Å²) in [5.74, 6) is -1.94. The molecule has 0 bridgehead atoms. The highest BCUT2D eigenvalue weighted by molar-refractivity contribution is 6.38. The van der Waals surface area contributed by atoms with Crippen LogP contribution in [-0.4, -0.2) is 76.4 Å². The molecular formula is C46H44N6O7. The van der Waals surface area contributed by atoms with Crippen LogP contribution < -0.4 is 0 Å². The zero-order valence-electron chi connectivity index (χ0n) is 32.2. The van der Waals surface area contributed by atoms with Crippen molar-refractivity contribution in [3.05, 3.63) is 155 Å². The Morgan fingerprint density at radius 3 is 1.37 bits per heavy atom. The fourth-order valence-corrected chi connectivity index (χ4v) is 7.83. The monoisotopic (exact) mass is 792 g/mol. The fraction of sp³-hybridized carbons (Fsp3) is 0.261. The van der Waals surface area contributed by atoms with Crippen molar-refractivity contribution in [2.45, 2.75) is 63.2 Å². The van der Waals surface area contributed by atoms with E-state index in [1.54, 1.807) is 73.1 Å². The first-order chi connectivity index (χ1) is 28.7. The molecule has 2 saturated heterocycles. The Balaban J connectivity index is 0.824. The number of aliphatic hydroxyl groups excluding tert-OH is 2. The molecule has 13 heteroatoms. The van der Waals surface area contributed by atoms with Gasteiger partial charge in [0.15, 0.2) is 0 Å². The molecule has 300 valence electrons. The number of nitrogens with one attached hydrogen (secondary N) is 2. The summed E-state index contributed by atoms with van der Waals surface area (Å²) in [6.45, 7) is 1.64. The Hall–Kier alpha value is -6.54. The van der Waals surface area contributed by atoms with E-state index in [-0.39, 0.29) is 12.1 Å². The number of carbonyl (C=O) groups is 4. The summed E-state index contributed by atoms with van der Waals surface area (Å²) in [5.41, 5.74) is 6.16. The number of carbonyl (C=O) groups excluding carboxylic acids is 4. The molecule has 2 aliphatic heterocycles. The lowest BCUT2D eigenvalue weighted by atomic mass is 10.0. The molecule has 2 amide bonds. The van der Waals surface area contributed by atoms with Crippen molar-refractivity contribution in [2.24, 2.45) is 0 Å². The Kier molecular flexibility index (Phi) is 11.7. The van der Waals surface area contributed by atoms with E-state index in [1.165, 1.54) is 9.80 Å². The lowest BCUT2D eigenvalue weighted by Gasteiger charge is -2.23. The summed E-state index contributed by atoms with van der Waals surface area (Å²) in [4.78, 5) is 71.0. The summed E-state index contributed by atoms with van der Waals surface area (Å²) in [6, 6.07) is 32.0. The van der Waals surface area contributed by atoms with Crippen molar-refractivity contribution < 1.29 is 34.1 Å². The number of imidazole rings is 2. The lowest BCUT2D eigenvalue weighted by Crippen LogP contribution is -2.38. The van der Waals surface area contributed by atoms with E-state index in [9.17, 15) is 29.4 Å². The Bertz CT molecular complexity index is 2240. The van der Waals surface area contributed by atoms with Crippen LogP contribution in [0.2, 0.25) is 0 Å². The molecule has 0 saturated carbocycles. The van der Waals surface area contributed by atoms with Crippen molar-refractivity contribution in [3.8, 4) is 22.5 Å². The number of aromatic nitrogens is 4. The number of likely N-dealkylation sites (tertiary alicyclic amines) is 2. The topological polar surface area (TPSA) is 182 Å². The van der Waals surface area contributed by atoms with Gasteiger partial charge in [0.1, 0.15) is 23.9 Å². The van der Waals surface area contributed by atoms with Gasteiger partial charge in [-0.25, -0.2) is 9.97 Å². The molecule has 0 aliphatic carbocycles. The first kappa shape index (κ1) is 39.3. The van der Waals surface area contributed by atoms with E-state index >= 15 is 0 Å². The molecule has 0 unspecified atom stereocenters. The predicted octanol–water partition coefficient (Wildman–Crippen LogP) is 6.12. The van der Waals surface area contributed by atoms with Gasteiger partial charge in [0.2, 0.25) is 0 Å². The number of hydrogen-bond acceptors (Lipinski definition) is 9. The van der Waals surface area contributed by atoms with E-state index in [4.69, 9.17) is 4.74 Å². The van der Waals surface area contributed by atoms with Gasteiger partial charge < -0.3 is 34.7 Å². The molecule has 4 N–H and O–H groups in total. The van der Waals surface area contributed by atoms with Gasteiger partial charge in [0.25, 0.3) is 23.4 Å². The molecule has 0 spiro atoms. The standard InChI is InChI=1S/C46H44N6O7/c53-39(33-9-3-1-4-10-33)41(55)45(57)51-23-7-13-37(51)43-47-25-35(49-43)31-19-15-29(16-20-31)27-59-28-30-17-21-32(22-18-30)36-26-48-44(50-36)38-14-8-24-52(38)46(58)42(56)40(54)34-11-5-2-6-12-34/h1-6,9-12,15-22,25-26,37-40,53-54H,7-8,13-14,23-24,27-28H2,(H,47,49)(H,48,50)/t37-,38-,39-,40+/m1/s1. The van der Waals surface area contributed by atoms with Gasteiger partial charge in [-0.2, -0.15) is 0 Å². The number of rotatable bonds is 14. The maximum atomic E-state index is 13.2. The zero-order valence-corrected chi connectivity index (χ0v) is 32.2. The highest BCUT2D eigenvalue weighted by Crippen LogP contribution is 2.34. The molecular weight excluding hydrogens is 749 g/mol. The smallest absolute Gasteiger partial charge is 0.293 e. The van der Waals surface area contributed by atoms with Gasteiger partial charge in [-0.05, 0) is 59.1 Å². The molecule has 2 aromatic heterocycles. The van der Waals surface area contributed by atoms with E-state index in [1.807, 2.05) is 48.5 Å². The zero-order chi connectivity index (χ0) is 40.9. The van der Waals surface area contributed by atoms with Crippen LogP contribution in [0.1, 0.15) is 83.9 Å². The van der Waals surface area contributed by atoms with Gasteiger partial charge in [-0.3, -0.25) is 19.2 Å². The Morgan fingerprint density at radius 1 is 0.593 bits per heavy atom. The first-order valence-electron chi connectivity index (χ1n) is 19.8. The second kappa shape index (κ2) is 17.5. The quantitative estimate of drug-likeness (QED) is 0.0946. The molecule has 59 heavy (non-hydrogen) atoms. The normalized spacial score (nSPS) is 17.5. The molecule has 6 aromatic rings. The van der Waals surface area contributed by atoms with Crippen LogP contribution in [-0.2, 0) is 37.1 Å². The minimum atomic E-state index is -1.51. The van der Waals surface area contributed by atoms with E-state index in [0.717, 1.165) is 46.5 Å². The summed E-state index contributed by atoms with van der Waals surface area (Å²) >= 11 is 0. The molecule has 0 radical (unpaired) electrons. The third kappa shape index (κ3) is 8.53. The van der Waals surface area contributed by atoms with Gasteiger partial charge in [-0.1, -0.05) is 109 Å². The van der Waals surface area contributed by atoms with Gasteiger partial charge in [0.05, 0.1) is 49.1 Å². The maximum absolute atomic E-state index is 13.2. The number of hydrogen-bond donors (Lipinski definition) is 4. The van der Waals surface area contributed by atoms with Crippen LogP contribution in [0, 0.1) is 0 Å². The largest absolute Gasteiger partial charge is 0.380 e. The summed E-state index contributed by atoms with van der Waals surface area (Å²) < 4.78 is 6.03. The third-order valence-corrected chi connectivity index (χ3v) is 11.1. The van der Waals surface area contributed by atoms with Crippen molar-refractivity contribution in [1.82, 2.24) is 29.7 Å². The summed E-state index contributed by atoms with van der Waals surface area (Å²) in [6.07, 6.45) is 3.20. The number of H-pyrrole nitrogens is 2. The second-order valence-corrected chi connectivity index (χ2v) is 14.9.